The van der Waals surface area contributed by atoms with Gasteiger partial charge in [-0.15, -0.1) is 0 Å². The molecule has 1 N–H and O–H groups in total. The molecule has 28 heavy (non-hydrogen) atoms. The van der Waals surface area contributed by atoms with Crippen LogP contribution < -0.4 is 5.69 Å². The van der Waals surface area contributed by atoms with E-state index in [0.717, 1.165) is 22.6 Å². The summed E-state index contributed by atoms with van der Waals surface area (Å²) in [6, 6.07) is 0. The van der Waals surface area contributed by atoms with Crippen molar-refractivity contribution >= 4 is 0 Å². The van der Waals surface area contributed by atoms with Gasteiger partial charge in [0.25, 0.3) is 0 Å². The number of aromatic nitrogens is 6. The Labute approximate surface area is 159 Å². The van der Waals surface area contributed by atoms with Crippen LogP contribution in [0.1, 0.15) is 34.0 Å². The third kappa shape index (κ3) is 2.92. The Morgan fingerprint density at radius 1 is 0.964 bits per heavy atom. The molecule has 0 aliphatic carbocycles. The summed E-state index contributed by atoms with van der Waals surface area (Å²) in [6.45, 7) is 8.01. The Morgan fingerprint density at radius 3 is 2.14 bits per heavy atom. The Bertz CT molecular complexity index is 1170. The number of nitrogens with zero attached hydrogens (tertiary/aromatic N) is 6. The topological polar surface area (TPSA) is 117 Å². The number of rotatable bonds is 5. The van der Waals surface area contributed by atoms with Gasteiger partial charge in [0.15, 0.2) is 0 Å². The first kappa shape index (κ1) is 17.8. The minimum atomic E-state index is -0.380. The van der Waals surface area contributed by atoms with E-state index in [4.69, 9.17) is 9.05 Å². The molecule has 0 bridgehead atoms. The Morgan fingerprint density at radius 2 is 1.57 bits per heavy atom. The van der Waals surface area contributed by atoms with Gasteiger partial charge >= 0.3 is 5.69 Å². The number of aryl methyl sites for hydroxylation is 4. The predicted octanol–water partition coefficient (Wildman–Crippen LogP) is 1.85. The highest BCUT2D eigenvalue weighted by atomic mass is 16.5. The molecule has 0 fully saturated rings. The van der Waals surface area contributed by atoms with Gasteiger partial charge in [0.05, 0.1) is 42.6 Å². The molecule has 0 spiro atoms. The molecule has 0 amide bonds. The highest BCUT2D eigenvalue weighted by Gasteiger charge is 2.18. The summed E-state index contributed by atoms with van der Waals surface area (Å²) in [5, 5.41) is 22.4. The van der Waals surface area contributed by atoms with Gasteiger partial charge in [-0.3, -0.25) is 9.25 Å². The van der Waals surface area contributed by atoms with Crippen molar-refractivity contribution in [2.45, 2.75) is 40.8 Å². The summed E-state index contributed by atoms with van der Waals surface area (Å²) in [7, 11) is 0. The molecule has 10 nitrogen and oxygen atoms in total. The zero-order valence-corrected chi connectivity index (χ0v) is 16.0. The van der Waals surface area contributed by atoms with E-state index in [2.05, 4.69) is 15.4 Å². The van der Waals surface area contributed by atoms with Gasteiger partial charge in [-0.1, -0.05) is 10.3 Å². The minimum absolute atomic E-state index is 0.173. The van der Waals surface area contributed by atoms with Gasteiger partial charge in [-0.2, -0.15) is 5.10 Å². The first-order valence-corrected chi connectivity index (χ1v) is 8.72. The maximum absolute atomic E-state index is 12.8. The summed E-state index contributed by atoms with van der Waals surface area (Å²) < 4.78 is 14.6. The van der Waals surface area contributed by atoms with Gasteiger partial charge in [0.1, 0.15) is 11.5 Å². The maximum atomic E-state index is 12.8. The minimum Gasteiger partial charge on any atom is -0.493 e. The van der Waals surface area contributed by atoms with Crippen LogP contribution in [0.25, 0.3) is 5.69 Å². The molecule has 0 saturated heterocycles. The Hall–Kier alpha value is -3.56. The van der Waals surface area contributed by atoms with Crippen molar-refractivity contribution in [3.63, 3.8) is 0 Å². The van der Waals surface area contributed by atoms with E-state index >= 15 is 0 Å². The molecule has 0 atom stereocenters. The second-order valence-corrected chi connectivity index (χ2v) is 6.73. The first-order chi connectivity index (χ1) is 13.3. The molecule has 4 aromatic heterocycles. The largest absolute Gasteiger partial charge is 0.493 e. The van der Waals surface area contributed by atoms with Crippen molar-refractivity contribution in [3.8, 4) is 11.6 Å². The Balaban J connectivity index is 1.65. The van der Waals surface area contributed by atoms with Crippen molar-refractivity contribution < 1.29 is 14.2 Å². The first-order valence-electron chi connectivity index (χ1n) is 8.72. The lowest BCUT2D eigenvalue weighted by Gasteiger charge is -2.01. The van der Waals surface area contributed by atoms with E-state index in [1.165, 1.54) is 21.5 Å². The lowest BCUT2D eigenvalue weighted by Crippen LogP contribution is -2.23. The molecule has 0 unspecified atom stereocenters. The summed E-state index contributed by atoms with van der Waals surface area (Å²) in [4.78, 5) is 12.8. The molecule has 0 aliphatic rings. The van der Waals surface area contributed by atoms with Gasteiger partial charge in [0.2, 0.25) is 5.88 Å². The third-order valence-electron chi connectivity index (χ3n) is 4.83. The van der Waals surface area contributed by atoms with Crippen LogP contribution >= 0.6 is 0 Å². The molecule has 10 heteroatoms. The van der Waals surface area contributed by atoms with Crippen LogP contribution in [0, 0.1) is 27.7 Å². The van der Waals surface area contributed by atoms with Gasteiger partial charge < -0.3 is 14.2 Å². The van der Waals surface area contributed by atoms with Crippen LogP contribution in [0.3, 0.4) is 0 Å². The zero-order valence-electron chi connectivity index (χ0n) is 16.0. The van der Waals surface area contributed by atoms with Gasteiger partial charge in [-0.25, -0.2) is 9.36 Å². The number of aromatic hydroxyl groups is 1. The van der Waals surface area contributed by atoms with Crippen LogP contribution in [-0.2, 0) is 13.1 Å². The van der Waals surface area contributed by atoms with Crippen molar-refractivity contribution in [2.24, 2.45) is 0 Å². The molecule has 146 valence electrons. The Kier molecular flexibility index (Phi) is 4.17. The molecule has 4 rings (SSSR count). The second kappa shape index (κ2) is 6.55. The van der Waals surface area contributed by atoms with Gasteiger partial charge in [0, 0.05) is 17.3 Å². The summed E-state index contributed by atoms with van der Waals surface area (Å²) in [5.41, 5.74) is 3.33. The summed E-state index contributed by atoms with van der Waals surface area (Å²) in [6.07, 6.45) is 4.60. The van der Waals surface area contributed by atoms with Crippen LogP contribution in [0.5, 0.6) is 5.88 Å². The van der Waals surface area contributed by atoms with E-state index in [9.17, 15) is 9.90 Å². The fourth-order valence-corrected chi connectivity index (χ4v) is 3.18. The molecular weight excluding hydrogens is 364 g/mol. The quantitative estimate of drug-likeness (QED) is 0.558. The van der Waals surface area contributed by atoms with Crippen LogP contribution in [-0.4, -0.2) is 34.3 Å². The van der Waals surface area contributed by atoms with Crippen molar-refractivity contribution in [1.82, 2.24) is 29.2 Å². The lowest BCUT2D eigenvalue weighted by atomic mass is 10.2. The molecule has 4 heterocycles. The highest BCUT2D eigenvalue weighted by Crippen LogP contribution is 2.19. The fourth-order valence-electron chi connectivity index (χ4n) is 3.18. The van der Waals surface area contributed by atoms with Crippen LogP contribution in [0.15, 0.2) is 32.4 Å². The van der Waals surface area contributed by atoms with E-state index in [-0.39, 0.29) is 18.1 Å². The summed E-state index contributed by atoms with van der Waals surface area (Å²) in [5.74, 6) is 1.19. The molecule has 0 aliphatic heterocycles. The second-order valence-electron chi connectivity index (χ2n) is 6.73. The average molecular weight is 384 g/mol. The number of hydrogen-bond donors (Lipinski definition) is 1. The predicted molar refractivity (Wildman–Crippen MR) is 97.6 cm³/mol. The van der Waals surface area contributed by atoms with E-state index < -0.39 is 0 Å². The molecule has 0 aromatic carbocycles. The smallest absolute Gasteiger partial charge is 0.336 e. The molecule has 0 saturated carbocycles. The average Bonchev–Trinajstić information content (AvgIpc) is 3.38. The fraction of sp³-hybridized carbons (Fsp3) is 0.333. The van der Waals surface area contributed by atoms with Crippen molar-refractivity contribution in [1.29, 1.82) is 0 Å². The standard InChI is InChI=1S/C18H20N6O4/c1-10-15(12(3)27-20-10)7-22-9-17(25)24(18(22)26)14-5-19-23(6-14)8-16-11(2)21-28-13(16)4/h5-6,9,25H,7-8H2,1-4H3. The van der Waals surface area contributed by atoms with Gasteiger partial charge in [-0.05, 0) is 27.7 Å². The third-order valence-corrected chi connectivity index (χ3v) is 4.83. The summed E-state index contributed by atoms with van der Waals surface area (Å²) >= 11 is 0. The van der Waals surface area contributed by atoms with Crippen LogP contribution in [0.4, 0.5) is 0 Å². The molecule has 0 radical (unpaired) electrons. The van der Waals surface area contributed by atoms with Crippen molar-refractivity contribution in [2.75, 3.05) is 0 Å². The molecule has 4 aromatic rings. The van der Waals surface area contributed by atoms with E-state index in [1.807, 2.05) is 20.8 Å². The normalized spacial score (nSPS) is 11.4. The molecular formula is C18H20N6O4. The maximum Gasteiger partial charge on any atom is 0.336 e. The van der Waals surface area contributed by atoms with Crippen LogP contribution in [0.2, 0.25) is 0 Å². The zero-order chi connectivity index (χ0) is 20.0. The SMILES string of the molecule is Cc1noc(C)c1Cn1cc(-n2c(O)cn(Cc3c(C)noc3C)c2=O)cn1. The van der Waals surface area contributed by atoms with E-state index in [0.29, 0.717) is 23.7 Å². The van der Waals surface area contributed by atoms with E-state index in [1.54, 1.807) is 17.8 Å². The highest BCUT2D eigenvalue weighted by molar-refractivity contribution is 5.32. The lowest BCUT2D eigenvalue weighted by molar-refractivity contribution is 0.391. The number of imidazole rings is 1. The number of hydrogen-bond acceptors (Lipinski definition) is 7. The monoisotopic (exact) mass is 384 g/mol. The van der Waals surface area contributed by atoms with Crippen molar-refractivity contribution in [3.05, 3.63) is 63.1 Å².